The summed E-state index contributed by atoms with van der Waals surface area (Å²) in [5.41, 5.74) is 0.963. The van der Waals surface area contributed by atoms with Crippen molar-refractivity contribution in [2.24, 2.45) is 5.10 Å². The standard InChI is InChI=1S/C15H18N4O2S/c1-2-20-12-7-5-11(6-8-12)10-16-19-14(17-18-15(19)22)13-4-3-9-21-13/h5-8,10,13H,2-4,9H2,1H3,(H,18,22)/b16-10-. The van der Waals surface area contributed by atoms with E-state index in [9.17, 15) is 0 Å². The van der Waals surface area contributed by atoms with Crippen LogP contribution in [0.25, 0.3) is 0 Å². The molecule has 0 aliphatic carbocycles. The molecule has 1 N–H and O–H groups in total. The van der Waals surface area contributed by atoms with Gasteiger partial charge in [-0.3, -0.25) is 5.10 Å². The minimum atomic E-state index is -0.0366. The van der Waals surface area contributed by atoms with Gasteiger partial charge < -0.3 is 9.47 Å². The van der Waals surface area contributed by atoms with Crippen LogP contribution in [-0.4, -0.2) is 34.3 Å². The van der Waals surface area contributed by atoms with Crippen LogP contribution in [0.5, 0.6) is 5.75 Å². The molecule has 0 spiro atoms. The van der Waals surface area contributed by atoms with Crippen LogP contribution < -0.4 is 4.74 Å². The number of hydrogen-bond acceptors (Lipinski definition) is 5. The summed E-state index contributed by atoms with van der Waals surface area (Å²) in [6.45, 7) is 3.37. The first kappa shape index (κ1) is 14.9. The van der Waals surface area contributed by atoms with Gasteiger partial charge in [0, 0.05) is 6.61 Å². The number of nitrogens with zero attached hydrogens (tertiary/aromatic N) is 3. The number of nitrogens with one attached hydrogen (secondary N) is 1. The second kappa shape index (κ2) is 6.85. The van der Waals surface area contributed by atoms with Crippen molar-refractivity contribution in [3.63, 3.8) is 0 Å². The summed E-state index contributed by atoms with van der Waals surface area (Å²) < 4.78 is 13.2. The highest BCUT2D eigenvalue weighted by atomic mass is 32.1. The lowest BCUT2D eigenvalue weighted by molar-refractivity contribution is 0.102. The molecule has 1 aromatic carbocycles. The van der Waals surface area contributed by atoms with E-state index in [4.69, 9.17) is 21.7 Å². The molecule has 0 amide bonds. The predicted octanol–water partition coefficient (Wildman–Crippen LogP) is 3.07. The van der Waals surface area contributed by atoms with E-state index in [1.165, 1.54) is 0 Å². The summed E-state index contributed by atoms with van der Waals surface area (Å²) in [5.74, 6) is 1.57. The van der Waals surface area contributed by atoms with Gasteiger partial charge in [0.2, 0.25) is 4.77 Å². The van der Waals surface area contributed by atoms with Crippen LogP contribution in [0.4, 0.5) is 0 Å². The first-order valence-electron chi connectivity index (χ1n) is 7.34. The van der Waals surface area contributed by atoms with Crippen molar-refractivity contribution in [1.82, 2.24) is 14.9 Å². The van der Waals surface area contributed by atoms with Gasteiger partial charge in [-0.25, -0.2) is 0 Å². The molecule has 1 aliphatic heterocycles. The molecule has 0 radical (unpaired) electrons. The lowest BCUT2D eigenvalue weighted by Crippen LogP contribution is -2.05. The van der Waals surface area contributed by atoms with Crippen LogP contribution >= 0.6 is 12.2 Å². The highest BCUT2D eigenvalue weighted by molar-refractivity contribution is 7.71. The molecule has 1 fully saturated rings. The second-order valence-electron chi connectivity index (χ2n) is 4.95. The Morgan fingerprint density at radius 1 is 1.50 bits per heavy atom. The highest BCUT2D eigenvalue weighted by Crippen LogP contribution is 2.26. The van der Waals surface area contributed by atoms with Gasteiger partial charge in [0.25, 0.3) is 0 Å². The van der Waals surface area contributed by atoms with Crippen molar-refractivity contribution in [1.29, 1.82) is 0 Å². The fraction of sp³-hybridized carbons (Fsp3) is 0.400. The Bertz CT molecular complexity index is 699. The molecule has 2 heterocycles. The smallest absolute Gasteiger partial charge is 0.216 e. The molecule has 1 atom stereocenters. The maximum atomic E-state index is 5.65. The Hall–Kier alpha value is -1.99. The number of ether oxygens (including phenoxy) is 2. The lowest BCUT2D eigenvalue weighted by atomic mass is 10.2. The molecule has 7 heteroatoms. The van der Waals surface area contributed by atoms with E-state index in [0.717, 1.165) is 36.6 Å². The third-order valence-corrected chi connectivity index (χ3v) is 3.67. The molecule has 1 unspecified atom stereocenters. The van der Waals surface area contributed by atoms with Gasteiger partial charge in [0.1, 0.15) is 11.9 Å². The summed E-state index contributed by atoms with van der Waals surface area (Å²) in [6.07, 6.45) is 3.69. The fourth-order valence-corrected chi connectivity index (χ4v) is 2.53. The summed E-state index contributed by atoms with van der Waals surface area (Å²) in [4.78, 5) is 0. The Morgan fingerprint density at radius 3 is 3.00 bits per heavy atom. The predicted molar refractivity (Wildman–Crippen MR) is 85.9 cm³/mol. The third kappa shape index (κ3) is 3.26. The van der Waals surface area contributed by atoms with E-state index in [2.05, 4.69) is 15.3 Å². The molecular formula is C15H18N4O2S. The number of rotatable bonds is 5. The van der Waals surface area contributed by atoms with E-state index in [0.29, 0.717) is 11.4 Å². The number of aromatic amines is 1. The van der Waals surface area contributed by atoms with Crippen molar-refractivity contribution in [2.45, 2.75) is 25.9 Å². The normalized spacial score (nSPS) is 18.1. The van der Waals surface area contributed by atoms with Crippen LogP contribution in [0.15, 0.2) is 29.4 Å². The average molecular weight is 318 g/mol. The summed E-state index contributed by atoms with van der Waals surface area (Å²) in [5, 5.41) is 11.4. The monoisotopic (exact) mass is 318 g/mol. The molecular weight excluding hydrogens is 300 g/mol. The number of aromatic nitrogens is 3. The Labute approximate surface area is 133 Å². The van der Waals surface area contributed by atoms with Crippen LogP contribution in [0.3, 0.4) is 0 Å². The molecule has 1 saturated heterocycles. The average Bonchev–Trinajstić information content (AvgIpc) is 3.17. The zero-order valence-electron chi connectivity index (χ0n) is 12.4. The van der Waals surface area contributed by atoms with Crippen LogP contribution in [-0.2, 0) is 4.74 Å². The largest absolute Gasteiger partial charge is 0.494 e. The van der Waals surface area contributed by atoms with Gasteiger partial charge >= 0.3 is 0 Å². The summed E-state index contributed by atoms with van der Waals surface area (Å²) in [6, 6.07) is 7.73. The van der Waals surface area contributed by atoms with Gasteiger partial charge in [0.05, 0.1) is 12.8 Å². The van der Waals surface area contributed by atoms with Crippen molar-refractivity contribution in [2.75, 3.05) is 13.2 Å². The van der Waals surface area contributed by atoms with Gasteiger partial charge in [0.15, 0.2) is 5.82 Å². The molecule has 1 aliphatic rings. The van der Waals surface area contributed by atoms with Crippen LogP contribution in [0, 0.1) is 4.77 Å². The number of H-pyrrole nitrogens is 1. The van der Waals surface area contributed by atoms with Crippen molar-refractivity contribution in [3.05, 3.63) is 40.4 Å². The molecule has 2 aromatic rings. The van der Waals surface area contributed by atoms with Crippen molar-refractivity contribution < 1.29 is 9.47 Å². The van der Waals surface area contributed by atoms with E-state index in [1.54, 1.807) is 10.9 Å². The third-order valence-electron chi connectivity index (χ3n) is 3.41. The molecule has 0 bridgehead atoms. The van der Waals surface area contributed by atoms with Gasteiger partial charge in [-0.1, -0.05) is 0 Å². The summed E-state index contributed by atoms with van der Waals surface area (Å²) in [7, 11) is 0. The topological polar surface area (TPSA) is 64.4 Å². The Balaban J connectivity index is 1.80. The van der Waals surface area contributed by atoms with Crippen LogP contribution in [0.2, 0.25) is 0 Å². The van der Waals surface area contributed by atoms with E-state index < -0.39 is 0 Å². The van der Waals surface area contributed by atoms with Gasteiger partial charge in [-0.05, 0) is 61.8 Å². The fourth-order valence-electron chi connectivity index (χ4n) is 2.35. The molecule has 0 saturated carbocycles. The molecule has 6 nitrogen and oxygen atoms in total. The molecule has 3 rings (SSSR count). The van der Waals surface area contributed by atoms with Gasteiger partial charge in [-0.2, -0.15) is 14.9 Å². The molecule has 22 heavy (non-hydrogen) atoms. The summed E-state index contributed by atoms with van der Waals surface area (Å²) >= 11 is 5.23. The van der Waals surface area contributed by atoms with Gasteiger partial charge in [-0.15, -0.1) is 0 Å². The lowest BCUT2D eigenvalue weighted by Gasteiger charge is -2.07. The maximum absolute atomic E-state index is 5.65. The zero-order valence-corrected chi connectivity index (χ0v) is 13.2. The maximum Gasteiger partial charge on any atom is 0.216 e. The highest BCUT2D eigenvalue weighted by Gasteiger charge is 2.23. The van der Waals surface area contributed by atoms with Crippen molar-refractivity contribution >= 4 is 18.4 Å². The second-order valence-corrected chi connectivity index (χ2v) is 5.33. The molecule has 116 valence electrons. The number of hydrogen-bond donors (Lipinski definition) is 1. The number of benzene rings is 1. The first-order chi connectivity index (χ1) is 10.8. The van der Waals surface area contributed by atoms with E-state index >= 15 is 0 Å². The van der Waals surface area contributed by atoms with Crippen LogP contribution in [0.1, 0.15) is 37.3 Å². The Morgan fingerprint density at radius 2 is 2.32 bits per heavy atom. The van der Waals surface area contributed by atoms with Crippen molar-refractivity contribution in [3.8, 4) is 5.75 Å². The van der Waals surface area contributed by atoms with E-state index in [1.807, 2.05) is 31.2 Å². The minimum Gasteiger partial charge on any atom is -0.494 e. The Kier molecular flexibility index (Phi) is 4.65. The SMILES string of the molecule is CCOc1ccc(/C=N\n2c(C3CCCO3)n[nH]c2=S)cc1. The minimum absolute atomic E-state index is 0.0366. The first-order valence-corrected chi connectivity index (χ1v) is 7.75. The molecule has 1 aromatic heterocycles. The quantitative estimate of drug-likeness (QED) is 0.680. The zero-order chi connectivity index (χ0) is 15.4. The van der Waals surface area contributed by atoms with E-state index in [-0.39, 0.29) is 6.10 Å².